The molecule has 0 aliphatic rings. The van der Waals surface area contributed by atoms with Crippen LogP contribution in [0.5, 0.6) is 0 Å². The molecule has 2 heterocycles. The molecule has 2 aromatic rings. The van der Waals surface area contributed by atoms with Crippen LogP contribution >= 0.6 is 0 Å². The second-order valence-electron chi connectivity index (χ2n) is 4.11. The van der Waals surface area contributed by atoms with Crippen LogP contribution in [0.25, 0.3) is 0 Å². The van der Waals surface area contributed by atoms with Gasteiger partial charge in [0.05, 0.1) is 12.7 Å². The zero-order valence-electron chi connectivity index (χ0n) is 10.6. The van der Waals surface area contributed by atoms with Gasteiger partial charge >= 0.3 is 0 Å². The fourth-order valence-electron chi connectivity index (χ4n) is 1.67. The lowest BCUT2D eigenvalue weighted by atomic mass is 10.2. The van der Waals surface area contributed by atoms with Gasteiger partial charge < -0.3 is 5.32 Å². The highest BCUT2D eigenvalue weighted by atomic mass is 16.1. The first-order valence-corrected chi connectivity index (χ1v) is 5.91. The number of hydrogen-bond acceptors (Lipinski definition) is 4. The minimum absolute atomic E-state index is 0.0863. The van der Waals surface area contributed by atoms with Crippen molar-refractivity contribution in [3.8, 4) is 0 Å². The van der Waals surface area contributed by atoms with Crippen molar-refractivity contribution in [3.05, 3.63) is 52.1 Å². The summed E-state index contributed by atoms with van der Waals surface area (Å²) in [6.07, 6.45) is 3.42. The molecule has 0 aliphatic heterocycles. The highest BCUT2D eigenvalue weighted by Crippen LogP contribution is 2.07. The van der Waals surface area contributed by atoms with Crippen LogP contribution in [0.1, 0.15) is 18.1 Å². The summed E-state index contributed by atoms with van der Waals surface area (Å²) in [5.41, 5.74) is 1.79. The molecule has 0 bridgehead atoms. The molecule has 2 aromatic heterocycles. The zero-order valence-corrected chi connectivity index (χ0v) is 10.6. The lowest BCUT2D eigenvalue weighted by Crippen LogP contribution is -2.22. The van der Waals surface area contributed by atoms with E-state index in [1.165, 1.54) is 4.68 Å². The van der Waals surface area contributed by atoms with E-state index in [0.717, 1.165) is 23.5 Å². The van der Waals surface area contributed by atoms with Gasteiger partial charge in [0.25, 0.3) is 5.56 Å². The molecule has 5 nitrogen and oxygen atoms in total. The maximum absolute atomic E-state index is 11.7. The highest BCUT2D eigenvalue weighted by Gasteiger charge is 2.01. The van der Waals surface area contributed by atoms with Crippen molar-refractivity contribution in [2.24, 2.45) is 0 Å². The van der Waals surface area contributed by atoms with Crippen molar-refractivity contribution in [2.75, 3.05) is 11.9 Å². The average molecular weight is 244 g/mol. The number of rotatable bonds is 4. The fourth-order valence-corrected chi connectivity index (χ4v) is 1.67. The molecule has 0 saturated heterocycles. The number of hydrogen-bond donors (Lipinski definition) is 1. The van der Waals surface area contributed by atoms with Crippen LogP contribution in [0.3, 0.4) is 0 Å². The van der Waals surface area contributed by atoms with E-state index in [4.69, 9.17) is 0 Å². The van der Waals surface area contributed by atoms with Crippen molar-refractivity contribution in [1.82, 2.24) is 14.8 Å². The van der Waals surface area contributed by atoms with Crippen molar-refractivity contribution in [3.63, 3.8) is 0 Å². The summed E-state index contributed by atoms with van der Waals surface area (Å²) in [5.74, 6) is 0.815. The molecule has 2 rings (SSSR count). The second-order valence-corrected chi connectivity index (χ2v) is 4.11. The molecule has 0 amide bonds. The van der Waals surface area contributed by atoms with Crippen LogP contribution in [-0.2, 0) is 6.54 Å². The summed E-state index contributed by atoms with van der Waals surface area (Å²) in [4.78, 5) is 15.9. The van der Waals surface area contributed by atoms with Crippen LogP contribution in [-0.4, -0.2) is 21.3 Å². The van der Waals surface area contributed by atoms with Crippen LogP contribution in [0.4, 0.5) is 5.82 Å². The molecule has 0 aromatic carbocycles. The maximum atomic E-state index is 11.7. The van der Waals surface area contributed by atoms with E-state index in [1.54, 1.807) is 18.5 Å². The molecule has 0 unspecified atom stereocenters. The van der Waals surface area contributed by atoms with Gasteiger partial charge in [0.1, 0.15) is 5.82 Å². The Morgan fingerprint density at radius 1 is 1.39 bits per heavy atom. The number of aryl methyl sites for hydroxylation is 1. The van der Waals surface area contributed by atoms with Gasteiger partial charge in [0.2, 0.25) is 0 Å². The predicted octanol–water partition coefficient (Wildman–Crippen LogP) is 1.43. The van der Waals surface area contributed by atoms with E-state index < -0.39 is 0 Å². The fraction of sp³-hybridized carbons (Fsp3) is 0.308. The van der Waals surface area contributed by atoms with E-state index in [-0.39, 0.29) is 5.56 Å². The third-order valence-corrected chi connectivity index (χ3v) is 2.52. The summed E-state index contributed by atoms with van der Waals surface area (Å²) in [7, 11) is 0. The van der Waals surface area contributed by atoms with Crippen LogP contribution in [0.15, 0.2) is 35.4 Å². The first-order chi connectivity index (χ1) is 8.69. The molecule has 18 heavy (non-hydrogen) atoms. The van der Waals surface area contributed by atoms with Crippen LogP contribution in [0, 0.1) is 6.92 Å². The van der Waals surface area contributed by atoms with Crippen molar-refractivity contribution >= 4 is 5.82 Å². The highest BCUT2D eigenvalue weighted by molar-refractivity contribution is 5.37. The predicted molar refractivity (Wildman–Crippen MR) is 70.7 cm³/mol. The van der Waals surface area contributed by atoms with Crippen LogP contribution < -0.4 is 10.9 Å². The van der Waals surface area contributed by atoms with Crippen LogP contribution in [0.2, 0.25) is 0 Å². The zero-order chi connectivity index (χ0) is 13.0. The van der Waals surface area contributed by atoms with E-state index in [2.05, 4.69) is 15.4 Å². The van der Waals surface area contributed by atoms with Crippen molar-refractivity contribution in [1.29, 1.82) is 0 Å². The first-order valence-electron chi connectivity index (χ1n) is 5.91. The molecule has 5 heteroatoms. The minimum Gasteiger partial charge on any atom is -0.370 e. The van der Waals surface area contributed by atoms with Gasteiger partial charge in [-0.25, -0.2) is 9.67 Å². The summed E-state index contributed by atoms with van der Waals surface area (Å²) in [6, 6.07) is 5.39. The molecule has 0 saturated carbocycles. The Kier molecular flexibility index (Phi) is 3.72. The van der Waals surface area contributed by atoms with Gasteiger partial charge in [-0.15, -0.1) is 0 Å². The third kappa shape index (κ3) is 2.94. The smallest absolute Gasteiger partial charge is 0.267 e. The lowest BCUT2D eigenvalue weighted by Gasteiger charge is -2.07. The molecule has 0 atom stereocenters. The summed E-state index contributed by atoms with van der Waals surface area (Å²) in [5, 5.41) is 7.25. The molecule has 0 radical (unpaired) electrons. The number of nitrogens with zero attached hydrogens (tertiary/aromatic N) is 3. The van der Waals surface area contributed by atoms with Gasteiger partial charge in [-0.3, -0.25) is 4.79 Å². The standard InChI is InChI=1S/C13H16N4O/c1-3-14-12-7-11(4-5-15-12)9-17-13(18)6-10(2)8-16-17/h4-8H,3,9H2,1-2H3,(H,14,15). The van der Waals surface area contributed by atoms with E-state index in [1.807, 2.05) is 26.0 Å². The van der Waals surface area contributed by atoms with Gasteiger partial charge in [0, 0.05) is 18.8 Å². The molecule has 94 valence electrons. The van der Waals surface area contributed by atoms with Gasteiger partial charge in [-0.2, -0.15) is 5.10 Å². The minimum atomic E-state index is -0.0863. The SMILES string of the molecule is CCNc1cc(Cn2ncc(C)cc2=O)ccn1. The second kappa shape index (κ2) is 5.44. The molecule has 0 aliphatic carbocycles. The molecule has 1 N–H and O–H groups in total. The monoisotopic (exact) mass is 244 g/mol. The normalized spacial score (nSPS) is 10.3. The Balaban J connectivity index is 2.23. The summed E-state index contributed by atoms with van der Waals surface area (Å²) >= 11 is 0. The number of aromatic nitrogens is 3. The summed E-state index contributed by atoms with van der Waals surface area (Å²) < 4.78 is 1.44. The Hall–Kier alpha value is -2.17. The quantitative estimate of drug-likeness (QED) is 0.883. The molecular formula is C13H16N4O. The van der Waals surface area contributed by atoms with Crippen molar-refractivity contribution in [2.45, 2.75) is 20.4 Å². The maximum Gasteiger partial charge on any atom is 0.267 e. The lowest BCUT2D eigenvalue weighted by molar-refractivity contribution is 0.635. The van der Waals surface area contributed by atoms with Gasteiger partial charge in [0.15, 0.2) is 0 Å². The summed E-state index contributed by atoms with van der Waals surface area (Å²) in [6.45, 7) is 5.15. The van der Waals surface area contributed by atoms with Gasteiger partial charge in [-0.1, -0.05) is 0 Å². The largest absolute Gasteiger partial charge is 0.370 e. The van der Waals surface area contributed by atoms with E-state index in [9.17, 15) is 4.79 Å². The number of pyridine rings is 1. The number of anilines is 1. The Morgan fingerprint density at radius 3 is 2.94 bits per heavy atom. The molecule has 0 spiro atoms. The Labute approximate surface area is 105 Å². The molecule has 0 fully saturated rings. The molecular weight excluding hydrogens is 228 g/mol. The van der Waals surface area contributed by atoms with E-state index in [0.29, 0.717) is 6.54 Å². The topological polar surface area (TPSA) is 59.8 Å². The van der Waals surface area contributed by atoms with Gasteiger partial charge in [-0.05, 0) is 37.1 Å². The number of nitrogens with one attached hydrogen (secondary N) is 1. The third-order valence-electron chi connectivity index (χ3n) is 2.52. The first kappa shape index (κ1) is 12.3. The van der Waals surface area contributed by atoms with E-state index >= 15 is 0 Å². The Bertz CT molecular complexity index is 592. The Morgan fingerprint density at radius 2 is 2.22 bits per heavy atom. The van der Waals surface area contributed by atoms with Crippen molar-refractivity contribution < 1.29 is 0 Å². The average Bonchev–Trinajstić information content (AvgIpc) is 2.34.